The summed E-state index contributed by atoms with van der Waals surface area (Å²) in [5.74, 6) is 0.191. The van der Waals surface area contributed by atoms with E-state index in [2.05, 4.69) is 29.4 Å². The maximum atomic E-state index is 11.9. The van der Waals surface area contributed by atoms with Crippen LogP contribution >= 0.6 is 0 Å². The second kappa shape index (κ2) is 6.08. The minimum absolute atomic E-state index is 0.0416. The van der Waals surface area contributed by atoms with Gasteiger partial charge in [0.25, 0.3) is 0 Å². The molecule has 4 nitrogen and oxygen atoms in total. The number of hydrogen-bond acceptors (Lipinski definition) is 3. The molecule has 0 aliphatic carbocycles. The van der Waals surface area contributed by atoms with Crippen LogP contribution in [0.3, 0.4) is 0 Å². The molecule has 1 aliphatic heterocycles. The fourth-order valence-corrected chi connectivity index (χ4v) is 2.26. The number of amides is 1. The highest BCUT2D eigenvalue weighted by Gasteiger charge is 2.30. The van der Waals surface area contributed by atoms with Crippen LogP contribution in [0, 0.1) is 0 Å². The van der Waals surface area contributed by atoms with E-state index in [4.69, 9.17) is 0 Å². The standard InChI is InChI=1S/C11H23N3O/c1-4-14-9(2)5-8-13-11(15)10(14)6-7-12-3/h9-10,12H,4-8H2,1-3H3,(H,13,15). The topological polar surface area (TPSA) is 44.4 Å². The van der Waals surface area contributed by atoms with Crippen molar-refractivity contribution < 1.29 is 4.79 Å². The molecule has 1 saturated heterocycles. The number of hydrogen-bond donors (Lipinski definition) is 2. The van der Waals surface area contributed by atoms with E-state index >= 15 is 0 Å². The molecular formula is C11H23N3O. The number of nitrogens with one attached hydrogen (secondary N) is 2. The van der Waals surface area contributed by atoms with Gasteiger partial charge < -0.3 is 10.6 Å². The third kappa shape index (κ3) is 3.18. The largest absolute Gasteiger partial charge is 0.355 e. The van der Waals surface area contributed by atoms with Crippen molar-refractivity contribution in [3.05, 3.63) is 0 Å². The molecule has 4 heteroatoms. The fourth-order valence-electron chi connectivity index (χ4n) is 2.26. The number of rotatable bonds is 4. The van der Waals surface area contributed by atoms with Gasteiger partial charge in [0.05, 0.1) is 6.04 Å². The molecule has 0 saturated carbocycles. The van der Waals surface area contributed by atoms with Crippen molar-refractivity contribution in [1.82, 2.24) is 15.5 Å². The van der Waals surface area contributed by atoms with Gasteiger partial charge in [0, 0.05) is 12.6 Å². The van der Waals surface area contributed by atoms with Gasteiger partial charge >= 0.3 is 0 Å². The second-order valence-corrected chi connectivity index (χ2v) is 4.17. The Morgan fingerprint density at radius 2 is 2.33 bits per heavy atom. The smallest absolute Gasteiger partial charge is 0.237 e. The molecule has 15 heavy (non-hydrogen) atoms. The van der Waals surface area contributed by atoms with Crippen molar-refractivity contribution >= 4 is 5.91 Å². The molecule has 0 radical (unpaired) electrons. The van der Waals surface area contributed by atoms with Crippen LogP contribution in [0.15, 0.2) is 0 Å². The highest BCUT2D eigenvalue weighted by atomic mass is 16.2. The Morgan fingerprint density at radius 1 is 1.60 bits per heavy atom. The van der Waals surface area contributed by atoms with Crippen LogP contribution in [-0.2, 0) is 4.79 Å². The van der Waals surface area contributed by atoms with Crippen molar-refractivity contribution in [1.29, 1.82) is 0 Å². The summed E-state index contributed by atoms with van der Waals surface area (Å²) in [5.41, 5.74) is 0. The first-order valence-corrected chi connectivity index (χ1v) is 5.88. The Balaban J connectivity index is 2.67. The van der Waals surface area contributed by atoms with Gasteiger partial charge in [0.1, 0.15) is 0 Å². The van der Waals surface area contributed by atoms with Gasteiger partial charge in [-0.2, -0.15) is 0 Å². The number of carbonyl (C=O) groups is 1. The van der Waals surface area contributed by atoms with E-state index < -0.39 is 0 Å². The Labute approximate surface area is 92.4 Å². The Hall–Kier alpha value is -0.610. The molecule has 2 atom stereocenters. The molecule has 1 rings (SSSR count). The normalized spacial score (nSPS) is 28.6. The van der Waals surface area contributed by atoms with Crippen molar-refractivity contribution in [3.63, 3.8) is 0 Å². The van der Waals surface area contributed by atoms with E-state index in [1.165, 1.54) is 0 Å². The van der Waals surface area contributed by atoms with Gasteiger partial charge in [0.15, 0.2) is 0 Å². The van der Waals surface area contributed by atoms with Gasteiger partial charge in [-0.05, 0) is 39.9 Å². The van der Waals surface area contributed by atoms with E-state index in [9.17, 15) is 4.79 Å². The van der Waals surface area contributed by atoms with Crippen LogP contribution in [0.5, 0.6) is 0 Å². The van der Waals surface area contributed by atoms with Gasteiger partial charge in [-0.1, -0.05) is 6.92 Å². The maximum absolute atomic E-state index is 11.9. The first kappa shape index (κ1) is 12.5. The van der Waals surface area contributed by atoms with Gasteiger partial charge in [-0.25, -0.2) is 0 Å². The van der Waals surface area contributed by atoms with Gasteiger partial charge in [0.2, 0.25) is 5.91 Å². The number of nitrogens with zero attached hydrogens (tertiary/aromatic N) is 1. The van der Waals surface area contributed by atoms with Crippen molar-refractivity contribution in [2.45, 2.75) is 38.8 Å². The fraction of sp³-hybridized carbons (Fsp3) is 0.909. The van der Waals surface area contributed by atoms with E-state index in [0.29, 0.717) is 6.04 Å². The third-order valence-electron chi connectivity index (χ3n) is 3.16. The highest BCUT2D eigenvalue weighted by Crippen LogP contribution is 2.14. The first-order valence-electron chi connectivity index (χ1n) is 5.88. The lowest BCUT2D eigenvalue weighted by molar-refractivity contribution is -0.126. The first-order chi connectivity index (χ1) is 7.20. The lowest BCUT2D eigenvalue weighted by Crippen LogP contribution is -2.48. The summed E-state index contributed by atoms with van der Waals surface area (Å²) in [5, 5.41) is 6.10. The zero-order chi connectivity index (χ0) is 11.3. The molecule has 1 fully saturated rings. The predicted molar refractivity (Wildman–Crippen MR) is 61.8 cm³/mol. The second-order valence-electron chi connectivity index (χ2n) is 4.17. The van der Waals surface area contributed by atoms with E-state index in [0.717, 1.165) is 32.5 Å². The zero-order valence-electron chi connectivity index (χ0n) is 10.0. The molecule has 0 spiro atoms. The van der Waals surface area contributed by atoms with Gasteiger partial charge in [-0.15, -0.1) is 0 Å². The average Bonchev–Trinajstić information content (AvgIpc) is 2.35. The van der Waals surface area contributed by atoms with Crippen LogP contribution in [-0.4, -0.2) is 49.6 Å². The average molecular weight is 213 g/mol. The predicted octanol–water partition coefficient (Wildman–Crippen LogP) is 0.195. The molecular weight excluding hydrogens is 190 g/mol. The van der Waals surface area contributed by atoms with Crippen LogP contribution in [0.2, 0.25) is 0 Å². The van der Waals surface area contributed by atoms with Crippen molar-refractivity contribution in [3.8, 4) is 0 Å². The maximum Gasteiger partial charge on any atom is 0.237 e. The quantitative estimate of drug-likeness (QED) is 0.701. The minimum atomic E-state index is 0.0416. The van der Waals surface area contributed by atoms with E-state index in [1.807, 2.05) is 7.05 Å². The summed E-state index contributed by atoms with van der Waals surface area (Å²) in [4.78, 5) is 14.2. The molecule has 2 unspecified atom stereocenters. The molecule has 88 valence electrons. The molecule has 1 amide bonds. The van der Waals surface area contributed by atoms with Gasteiger partial charge in [-0.3, -0.25) is 9.69 Å². The minimum Gasteiger partial charge on any atom is -0.355 e. The summed E-state index contributed by atoms with van der Waals surface area (Å²) in [6.07, 6.45) is 1.94. The van der Waals surface area contributed by atoms with Crippen molar-refractivity contribution in [2.75, 3.05) is 26.7 Å². The Bertz CT molecular complexity index is 208. The van der Waals surface area contributed by atoms with E-state index in [-0.39, 0.29) is 11.9 Å². The lowest BCUT2D eigenvalue weighted by Gasteiger charge is -2.31. The number of carbonyl (C=O) groups excluding carboxylic acids is 1. The lowest BCUT2D eigenvalue weighted by atomic mass is 10.1. The van der Waals surface area contributed by atoms with Crippen LogP contribution in [0.25, 0.3) is 0 Å². The summed E-state index contributed by atoms with van der Waals surface area (Å²) in [7, 11) is 1.92. The zero-order valence-corrected chi connectivity index (χ0v) is 10.0. The summed E-state index contributed by atoms with van der Waals surface area (Å²) >= 11 is 0. The SMILES string of the molecule is CCN1C(C)CCNC(=O)C1CCNC. The van der Waals surface area contributed by atoms with Crippen molar-refractivity contribution in [2.24, 2.45) is 0 Å². The molecule has 2 N–H and O–H groups in total. The molecule has 0 aromatic carbocycles. The molecule has 0 aromatic heterocycles. The molecule has 0 aromatic rings. The molecule has 1 aliphatic rings. The summed E-state index contributed by atoms with van der Waals surface area (Å²) in [6.45, 7) is 6.98. The highest BCUT2D eigenvalue weighted by molar-refractivity contribution is 5.82. The monoisotopic (exact) mass is 213 g/mol. The van der Waals surface area contributed by atoms with Crippen LogP contribution in [0.4, 0.5) is 0 Å². The molecule has 0 bridgehead atoms. The summed E-state index contributed by atoms with van der Waals surface area (Å²) < 4.78 is 0. The molecule has 1 heterocycles. The number of likely N-dealkylation sites (N-methyl/N-ethyl adjacent to an activating group) is 1. The summed E-state index contributed by atoms with van der Waals surface area (Å²) in [6, 6.07) is 0.538. The Kier molecular flexibility index (Phi) is 5.05. The van der Waals surface area contributed by atoms with Crippen LogP contribution < -0.4 is 10.6 Å². The van der Waals surface area contributed by atoms with E-state index in [1.54, 1.807) is 0 Å². The third-order valence-corrected chi connectivity index (χ3v) is 3.16. The van der Waals surface area contributed by atoms with Crippen LogP contribution in [0.1, 0.15) is 26.7 Å². The Morgan fingerprint density at radius 3 is 2.93 bits per heavy atom.